The highest BCUT2D eigenvalue weighted by Gasteiger charge is 2.37. The third-order valence-corrected chi connectivity index (χ3v) is 4.91. The van der Waals surface area contributed by atoms with Crippen molar-refractivity contribution in [3.63, 3.8) is 0 Å². The smallest absolute Gasteiger partial charge is 0.324 e. The molecule has 1 N–H and O–H groups in total. The molecular formula is C18H23N3O6. The van der Waals surface area contributed by atoms with Crippen LogP contribution in [0.4, 0.5) is 4.79 Å². The zero-order valence-electron chi connectivity index (χ0n) is 15.6. The first-order chi connectivity index (χ1) is 13.0. The second-order valence-corrected chi connectivity index (χ2v) is 6.36. The molecule has 0 spiro atoms. The van der Waals surface area contributed by atoms with Crippen molar-refractivity contribution < 1.29 is 28.6 Å². The number of piperidine rings is 1. The number of imide groups is 1. The Balaban J connectivity index is 1.72. The number of amides is 4. The van der Waals surface area contributed by atoms with E-state index in [1.165, 1.54) is 26.2 Å². The van der Waals surface area contributed by atoms with Crippen molar-refractivity contribution in [1.29, 1.82) is 0 Å². The molecule has 27 heavy (non-hydrogen) atoms. The Kier molecular flexibility index (Phi) is 5.38. The van der Waals surface area contributed by atoms with Crippen LogP contribution in [0.5, 0.6) is 17.2 Å². The van der Waals surface area contributed by atoms with Gasteiger partial charge in [0.2, 0.25) is 11.7 Å². The predicted molar refractivity (Wildman–Crippen MR) is 95.3 cm³/mol. The van der Waals surface area contributed by atoms with Crippen LogP contribution in [0.3, 0.4) is 0 Å². The number of methoxy groups -OCH3 is 3. The van der Waals surface area contributed by atoms with Crippen molar-refractivity contribution in [2.24, 2.45) is 0 Å². The summed E-state index contributed by atoms with van der Waals surface area (Å²) in [5, 5.41) is 2.53. The largest absolute Gasteiger partial charge is 0.493 e. The molecule has 3 rings (SSSR count). The first kappa shape index (κ1) is 18.8. The number of benzene rings is 1. The Bertz CT molecular complexity index is 716. The molecule has 0 saturated carbocycles. The second kappa shape index (κ2) is 7.73. The van der Waals surface area contributed by atoms with E-state index in [9.17, 15) is 14.4 Å². The summed E-state index contributed by atoms with van der Waals surface area (Å²) in [7, 11) is 4.49. The number of likely N-dealkylation sites (tertiary alicyclic amines) is 1. The van der Waals surface area contributed by atoms with Crippen molar-refractivity contribution in [3.05, 3.63) is 17.7 Å². The number of urea groups is 1. The van der Waals surface area contributed by atoms with Gasteiger partial charge in [-0.05, 0) is 25.0 Å². The maximum Gasteiger partial charge on any atom is 0.324 e. The fourth-order valence-corrected chi connectivity index (χ4v) is 3.52. The standard InChI is InChI=1S/C18H23N3O6/c1-25-13-8-11(9-14(26-2)16(13)27-3)17(23)20-6-4-12(5-7-20)21-15(22)10-19-18(21)24/h8-9,12H,4-7,10H2,1-3H3,(H,19,24). The molecule has 2 fully saturated rings. The van der Waals surface area contributed by atoms with Gasteiger partial charge < -0.3 is 24.4 Å². The summed E-state index contributed by atoms with van der Waals surface area (Å²) in [5.74, 6) is 0.872. The average molecular weight is 377 g/mol. The molecule has 1 aromatic rings. The molecule has 0 aliphatic carbocycles. The van der Waals surface area contributed by atoms with Gasteiger partial charge in [0, 0.05) is 24.7 Å². The molecule has 2 aliphatic heterocycles. The van der Waals surface area contributed by atoms with Crippen molar-refractivity contribution in [2.45, 2.75) is 18.9 Å². The van der Waals surface area contributed by atoms with Crippen LogP contribution < -0.4 is 19.5 Å². The topological polar surface area (TPSA) is 97.4 Å². The molecule has 4 amide bonds. The van der Waals surface area contributed by atoms with Crippen molar-refractivity contribution in [3.8, 4) is 17.2 Å². The van der Waals surface area contributed by atoms with Crippen LogP contribution in [-0.4, -0.2) is 74.7 Å². The molecule has 9 nitrogen and oxygen atoms in total. The number of ether oxygens (including phenoxy) is 3. The number of nitrogens with zero attached hydrogens (tertiary/aromatic N) is 2. The molecule has 2 saturated heterocycles. The van der Waals surface area contributed by atoms with E-state index in [0.717, 1.165) is 0 Å². The van der Waals surface area contributed by atoms with Crippen LogP contribution >= 0.6 is 0 Å². The summed E-state index contributed by atoms with van der Waals surface area (Å²) >= 11 is 0. The minimum atomic E-state index is -0.352. The highest BCUT2D eigenvalue weighted by molar-refractivity contribution is 6.02. The molecule has 9 heteroatoms. The molecule has 2 aliphatic rings. The molecule has 0 atom stereocenters. The van der Waals surface area contributed by atoms with Gasteiger partial charge in [-0.3, -0.25) is 14.5 Å². The number of rotatable bonds is 5. The quantitative estimate of drug-likeness (QED) is 0.765. The molecule has 0 bridgehead atoms. The second-order valence-electron chi connectivity index (χ2n) is 6.36. The van der Waals surface area contributed by atoms with Crippen molar-refractivity contribution in [1.82, 2.24) is 15.1 Å². The van der Waals surface area contributed by atoms with E-state index >= 15 is 0 Å². The third kappa shape index (κ3) is 3.49. The van der Waals surface area contributed by atoms with Crippen LogP contribution in [0, 0.1) is 0 Å². The minimum absolute atomic E-state index is 0.0451. The minimum Gasteiger partial charge on any atom is -0.493 e. The number of nitrogens with one attached hydrogen (secondary N) is 1. The zero-order chi connectivity index (χ0) is 19.6. The Hall–Kier alpha value is -2.97. The van der Waals surface area contributed by atoms with Gasteiger partial charge in [0.15, 0.2) is 11.5 Å². The van der Waals surface area contributed by atoms with Gasteiger partial charge in [-0.1, -0.05) is 0 Å². The summed E-state index contributed by atoms with van der Waals surface area (Å²) in [6, 6.07) is 2.71. The highest BCUT2D eigenvalue weighted by atomic mass is 16.5. The number of carbonyl (C=O) groups is 3. The van der Waals surface area contributed by atoms with Crippen LogP contribution in [0.25, 0.3) is 0 Å². The molecule has 2 heterocycles. The van der Waals surface area contributed by atoms with E-state index < -0.39 is 0 Å². The first-order valence-electron chi connectivity index (χ1n) is 8.69. The van der Waals surface area contributed by atoms with Crippen LogP contribution in [0.1, 0.15) is 23.2 Å². The van der Waals surface area contributed by atoms with Gasteiger partial charge in [0.1, 0.15) is 0 Å². The lowest BCUT2D eigenvalue weighted by atomic mass is 10.0. The molecule has 0 unspecified atom stereocenters. The normalized spacial score (nSPS) is 17.7. The Morgan fingerprint density at radius 1 is 1.04 bits per heavy atom. The van der Waals surface area contributed by atoms with E-state index in [1.54, 1.807) is 17.0 Å². The number of hydrogen-bond donors (Lipinski definition) is 1. The van der Waals surface area contributed by atoms with Crippen molar-refractivity contribution in [2.75, 3.05) is 41.0 Å². The Labute approximate surface area is 157 Å². The fourth-order valence-electron chi connectivity index (χ4n) is 3.52. The summed E-state index contributed by atoms with van der Waals surface area (Å²) < 4.78 is 15.9. The summed E-state index contributed by atoms with van der Waals surface area (Å²) in [4.78, 5) is 39.5. The van der Waals surface area contributed by atoms with Gasteiger partial charge in [-0.15, -0.1) is 0 Å². The van der Waals surface area contributed by atoms with E-state index in [0.29, 0.717) is 48.7 Å². The highest BCUT2D eigenvalue weighted by Crippen LogP contribution is 2.38. The van der Waals surface area contributed by atoms with Gasteiger partial charge in [0.05, 0.1) is 27.9 Å². The fraction of sp³-hybridized carbons (Fsp3) is 0.500. The van der Waals surface area contributed by atoms with Crippen molar-refractivity contribution >= 4 is 17.8 Å². The molecule has 0 radical (unpaired) electrons. The lowest BCUT2D eigenvalue weighted by Gasteiger charge is -2.35. The maximum absolute atomic E-state index is 12.9. The van der Waals surface area contributed by atoms with E-state index in [4.69, 9.17) is 14.2 Å². The monoisotopic (exact) mass is 377 g/mol. The number of hydrogen-bond acceptors (Lipinski definition) is 6. The van der Waals surface area contributed by atoms with E-state index in [1.807, 2.05) is 0 Å². The Morgan fingerprint density at radius 2 is 1.63 bits per heavy atom. The Morgan fingerprint density at radius 3 is 2.07 bits per heavy atom. The van der Waals surface area contributed by atoms with Gasteiger partial charge in [-0.2, -0.15) is 0 Å². The van der Waals surface area contributed by atoms with Crippen LogP contribution in [0.2, 0.25) is 0 Å². The van der Waals surface area contributed by atoms with Gasteiger partial charge in [-0.25, -0.2) is 4.79 Å². The molecule has 146 valence electrons. The van der Waals surface area contributed by atoms with Gasteiger partial charge >= 0.3 is 6.03 Å². The molecule has 1 aromatic carbocycles. The van der Waals surface area contributed by atoms with Crippen LogP contribution in [-0.2, 0) is 4.79 Å². The first-order valence-corrected chi connectivity index (χ1v) is 8.69. The lowest BCUT2D eigenvalue weighted by Crippen LogP contribution is -2.49. The number of carbonyl (C=O) groups excluding carboxylic acids is 3. The SMILES string of the molecule is COc1cc(C(=O)N2CCC(N3C(=O)CNC3=O)CC2)cc(OC)c1OC. The maximum atomic E-state index is 12.9. The molecule has 0 aromatic heterocycles. The van der Waals surface area contributed by atoms with E-state index in [2.05, 4.69) is 5.32 Å². The van der Waals surface area contributed by atoms with Crippen LogP contribution in [0.15, 0.2) is 12.1 Å². The molecular weight excluding hydrogens is 354 g/mol. The predicted octanol–water partition coefficient (Wildman–Crippen LogP) is 0.869. The third-order valence-electron chi connectivity index (χ3n) is 4.91. The zero-order valence-corrected chi connectivity index (χ0v) is 15.6. The summed E-state index contributed by atoms with van der Waals surface area (Å²) in [6.45, 7) is 0.956. The average Bonchev–Trinajstić information content (AvgIpc) is 3.04. The van der Waals surface area contributed by atoms with Gasteiger partial charge in [0.25, 0.3) is 5.91 Å². The van der Waals surface area contributed by atoms with E-state index in [-0.39, 0.29) is 30.4 Å². The summed E-state index contributed by atoms with van der Waals surface area (Å²) in [5.41, 5.74) is 0.429. The summed E-state index contributed by atoms with van der Waals surface area (Å²) in [6.07, 6.45) is 1.10. The lowest BCUT2D eigenvalue weighted by molar-refractivity contribution is -0.127.